The zero-order valence-electron chi connectivity index (χ0n) is 8.68. The van der Waals surface area contributed by atoms with E-state index in [9.17, 15) is 9.90 Å². The van der Waals surface area contributed by atoms with Gasteiger partial charge in [0.2, 0.25) is 0 Å². The summed E-state index contributed by atoms with van der Waals surface area (Å²) in [6, 6.07) is 0. The molecule has 0 aliphatic rings. The van der Waals surface area contributed by atoms with E-state index in [1.807, 2.05) is 12.3 Å². The highest BCUT2D eigenvalue weighted by Crippen LogP contribution is 2.19. The summed E-state index contributed by atoms with van der Waals surface area (Å²) >= 11 is 6.87. The number of hydrogen-bond acceptors (Lipinski definition) is 4. The average Bonchev–Trinajstić information content (AvgIpc) is 2.65. The van der Waals surface area contributed by atoms with Gasteiger partial charge in [-0.25, -0.2) is 4.98 Å². The molecule has 2 rings (SSSR count). The van der Waals surface area contributed by atoms with Crippen molar-refractivity contribution in [3.05, 3.63) is 27.6 Å². The van der Waals surface area contributed by atoms with E-state index in [-0.39, 0.29) is 18.0 Å². The fourth-order valence-electron chi connectivity index (χ4n) is 1.47. The lowest BCUT2D eigenvalue weighted by atomic mass is 10.3. The SMILES string of the molecule is Cc1csc2c(=O)n(CC(O)CCl)cnc12. The summed E-state index contributed by atoms with van der Waals surface area (Å²) in [6.07, 6.45) is 0.736. The summed E-state index contributed by atoms with van der Waals surface area (Å²) in [5, 5.41) is 11.3. The van der Waals surface area contributed by atoms with Crippen LogP contribution < -0.4 is 5.56 Å². The van der Waals surface area contributed by atoms with E-state index in [4.69, 9.17) is 11.6 Å². The summed E-state index contributed by atoms with van der Waals surface area (Å²) < 4.78 is 2.02. The molecular formula is C10H11ClN2O2S. The average molecular weight is 259 g/mol. The molecular weight excluding hydrogens is 248 g/mol. The molecule has 0 saturated heterocycles. The van der Waals surface area contributed by atoms with E-state index in [0.717, 1.165) is 11.1 Å². The van der Waals surface area contributed by atoms with Gasteiger partial charge in [-0.2, -0.15) is 0 Å². The molecule has 0 aliphatic carbocycles. The van der Waals surface area contributed by atoms with Gasteiger partial charge in [0.05, 0.1) is 30.4 Å². The third kappa shape index (κ3) is 1.98. The molecule has 2 aromatic rings. The Morgan fingerprint density at radius 1 is 1.69 bits per heavy atom. The molecule has 1 atom stereocenters. The largest absolute Gasteiger partial charge is 0.390 e. The Hall–Kier alpha value is -0.910. The number of rotatable bonds is 3. The van der Waals surface area contributed by atoms with Crippen LogP contribution >= 0.6 is 22.9 Å². The molecule has 0 radical (unpaired) electrons. The van der Waals surface area contributed by atoms with Crippen LogP contribution in [0.15, 0.2) is 16.5 Å². The van der Waals surface area contributed by atoms with Gasteiger partial charge in [0.1, 0.15) is 4.70 Å². The van der Waals surface area contributed by atoms with E-state index < -0.39 is 6.10 Å². The Balaban J connectivity index is 2.49. The van der Waals surface area contributed by atoms with E-state index in [0.29, 0.717) is 4.70 Å². The lowest BCUT2D eigenvalue weighted by Crippen LogP contribution is -2.27. The number of halogens is 1. The minimum absolute atomic E-state index is 0.105. The molecule has 16 heavy (non-hydrogen) atoms. The van der Waals surface area contributed by atoms with Crippen LogP contribution in [0.5, 0.6) is 0 Å². The zero-order chi connectivity index (χ0) is 11.7. The molecule has 0 aliphatic heterocycles. The number of aliphatic hydroxyl groups excluding tert-OH is 1. The maximum atomic E-state index is 12.0. The van der Waals surface area contributed by atoms with Crippen molar-refractivity contribution in [2.75, 3.05) is 5.88 Å². The first-order chi connectivity index (χ1) is 7.63. The topological polar surface area (TPSA) is 55.1 Å². The molecule has 2 aromatic heterocycles. The Kier molecular flexibility index (Phi) is 3.28. The Bertz CT molecular complexity index is 563. The van der Waals surface area contributed by atoms with E-state index >= 15 is 0 Å². The molecule has 6 heteroatoms. The van der Waals surface area contributed by atoms with Crippen LogP contribution in [0, 0.1) is 6.92 Å². The second kappa shape index (κ2) is 4.53. The second-order valence-electron chi connectivity index (χ2n) is 3.61. The normalized spacial score (nSPS) is 13.2. The van der Waals surface area contributed by atoms with E-state index in [2.05, 4.69) is 4.98 Å². The highest BCUT2D eigenvalue weighted by Gasteiger charge is 2.10. The van der Waals surface area contributed by atoms with Crippen molar-refractivity contribution in [2.24, 2.45) is 0 Å². The summed E-state index contributed by atoms with van der Waals surface area (Å²) in [7, 11) is 0. The quantitative estimate of drug-likeness (QED) is 0.846. The number of alkyl halides is 1. The predicted octanol–water partition coefficient (Wildman–Crippen LogP) is 1.37. The van der Waals surface area contributed by atoms with Crippen LogP contribution in [-0.4, -0.2) is 26.6 Å². The third-order valence-electron chi connectivity index (χ3n) is 2.31. The van der Waals surface area contributed by atoms with Crippen molar-refractivity contribution in [3.8, 4) is 0 Å². The second-order valence-corrected chi connectivity index (χ2v) is 4.79. The van der Waals surface area contributed by atoms with Crippen LogP contribution in [0.1, 0.15) is 5.56 Å². The number of aryl methyl sites for hydroxylation is 1. The van der Waals surface area contributed by atoms with Gasteiger partial charge < -0.3 is 5.11 Å². The van der Waals surface area contributed by atoms with Crippen LogP contribution in [0.4, 0.5) is 0 Å². The Morgan fingerprint density at radius 2 is 2.44 bits per heavy atom. The lowest BCUT2D eigenvalue weighted by Gasteiger charge is -2.08. The van der Waals surface area contributed by atoms with Crippen LogP contribution in [-0.2, 0) is 6.54 Å². The summed E-state index contributed by atoms with van der Waals surface area (Å²) in [5.41, 5.74) is 1.63. The molecule has 0 bridgehead atoms. The molecule has 4 nitrogen and oxygen atoms in total. The highest BCUT2D eigenvalue weighted by molar-refractivity contribution is 7.17. The van der Waals surface area contributed by atoms with Crippen LogP contribution in [0.2, 0.25) is 0 Å². The van der Waals surface area contributed by atoms with Crippen LogP contribution in [0.25, 0.3) is 10.2 Å². The molecule has 1 N–H and O–H groups in total. The minimum Gasteiger partial charge on any atom is -0.390 e. The van der Waals surface area contributed by atoms with E-state index in [1.54, 1.807) is 0 Å². The number of fused-ring (bicyclic) bond motifs is 1. The monoisotopic (exact) mass is 258 g/mol. The fourth-order valence-corrected chi connectivity index (χ4v) is 2.51. The van der Waals surface area contributed by atoms with Gasteiger partial charge in [-0.3, -0.25) is 9.36 Å². The van der Waals surface area contributed by atoms with Crippen molar-refractivity contribution in [1.82, 2.24) is 9.55 Å². The fraction of sp³-hybridized carbons (Fsp3) is 0.400. The predicted molar refractivity (Wildman–Crippen MR) is 65.3 cm³/mol. The summed E-state index contributed by atoms with van der Waals surface area (Å²) in [4.78, 5) is 16.2. The van der Waals surface area contributed by atoms with Crippen molar-refractivity contribution >= 4 is 33.2 Å². The summed E-state index contributed by atoms with van der Waals surface area (Å²) in [5.74, 6) is 0.105. The van der Waals surface area contributed by atoms with Crippen molar-refractivity contribution in [3.63, 3.8) is 0 Å². The van der Waals surface area contributed by atoms with Gasteiger partial charge in [-0.1, -0.05) is 0 Å². The standard InChI is InChI=1S/C10H11ClN2O2S/c1-6-4-16-9-8(6)12-5-13(10(9)15)3-7(14)2-11/h4-5,7,14H,2-3H2,1H3. The first kappa shape index (κ1) is 11.6. The van der Waals surface area contributed by atoms with Gasteiger partial charge >= 0.3 is 0 Å². The minimum atomic E-state index is -0.723. The smallest absolute Gasteiger partial charge is 0.271 e. The molecule has 0 aromatic carbocycles. The molecule has 2 heterocycles. The number of hydrogen-bond donors (Lipinski definition) is 1. The van der Waals surface area contributed by atoms with Crippen molar-refractivity contribution in [2.45, 2.75) is 19.6 Å². The Morgan fingerprint density at radius 3 is 3.12 bits per heavy atom. The molecule has 86 valence electrons. The van der Waals surface area contributed by atoms with Gasteiger partial charge in [0, 0.05) is 0 Å². The first-order valence-corrected chi connectivity index (χ1v) is 6.22. The number of aliphatic hydroxyl groups is 1. The first-order valence-electron chi connectivity index (χ1n) is 4.80. The lowest BCUT2D eigenvalue weighted by molar-refractivity contribution is 0.175. The van der Waals surface area contributed by atoms with Crippen LogP contribution in [0.3, 0.4) is 0 Å². The van der Waals surface area contributed by atoms with Crippen molar-refractivity contribution < 1.29 is 5.11 Å². The number of nitrogens with zero attached hydrogens (tertiary/aromatic N) is 2. The molecule has 0 spiro atoms. The van der Waals surface area contributed by atoms with Crippen molar-refractivity contribution in [1.29, 1.82) is 0 Å². The number of thiophene rings is 1. The van der Waals surface area contributed by atoms with Gasteiger partial charge in [-0.05, 0) is 17.9 Å². The zero-order valence-corrected chi connectivity index (χ0v) is 10.3. The molecule has 1 unspecified atom stereocenters. The summed E-state index contributed by atoms with van der Waals surface area (Å²) in [6.45, 7) is 2.10. The molecule has 0 amide bonds. The van der Waals surface area contributed by atoms with E-state index in [1.165, 1.54) is 22.2 Å². The highest BCUT2D eigenvalue weighted by atomic mass is 35.5. The number of aromatic nitrogens is 2. The third-order valence-corrected chi connectivity index (χ3v) is 3.74. The van der Waals surface area contributed by atoms with Gasteiger partial charge in [0.15, 0.2) is 0 Å². The molecule has 0 fully saturated rings. The Labute approximate surface area is 101 Å². The van der Waals surface area contributed by atoms with Gasteiger partial charge in [0.25, 0.3) is 5.56 Å². The molecule has 0 saturated carbocycles. The maximum Gasteiger partial charge on any atom is 0.271 e. The van der Waals surface area contributed by atoms with Gasteiger partial charge in [-0.15, -0.1) is 22.9 Å². The maximum absolute atomic E-state index is 12.0.